The molecule has 7 heteroatoms. The van der Waals surface area contributed by atoms with Gasteiger partial charge in [-0.05, 0) is 25.5 Å². The van der Waals surface area contributed by atoms with Crippen molar-refractivity contribution in [3.8, 4) is 0 Å². The van der Waals surface area contributed by atoms with Crippen molar-refractivity contribution < 1.29 is 23.3 Å². The molecule has 7 nitrogen and oxygen atoms in total. The van der Waals surface area contributed by atoms with E-state index >= 15 is 0 Å². The van der Waals surface area contributed by atoms with Crippen LogP contribution in [0.2, 0.25) is 0 Å². The van der Waals surface area contributed by atoms with Crippen LogP contribution in [0.4, 0.5) is 5.82 Å². The van der Waals surface area contributed by atoms with Gasteiger partial charge in [0.2, 0.25) is 5.76 Å². The second kappa shape index (κ2) is 6.57. The van der Waals surface area contributed by atoms with Gasteiger partial charge in [0, 0.05) is 11.5 Å². The predicted octanol–water partition coefficient (Wildman–Crippen LogP) is 3.30. The topological polar surface area (TPSA) is 94.6 Å². The minimum atomic E-state index is -0.956. The number of fused-ring (bicyclic) bond motifs is 1. The molecule has 3 rings (SSSR count). The molecule has 0 bridgehead atoms. The number of para-hydroxylation sites is 1. The van der Waals surface area contributed by atoms with Crippen LogP contribution in [0.25, 0.3) is 11.0 Å². The number of hydrogen-bond acceptors (Lipinski definition) is 6. The minimum absolute atomic E-state index is 0.0553. The highest BCUT2D eigenvalue weighted by molar-refractivity contribution is 5.97. The molecule has 24 heavy (non-hydrogen) atoms. The van der Waals surface area contributed by atoms with Gasteiger partial charge in [0.1, 0.15) is 11.3 Å². The molecule has 0 saturated carbocycles. The smallest absolute Gasteiger partial charge is 0.375 e. The summed E-state index contributed by atoms with van der Waals surface area (Å²) in [5, 5.41) is 7.01. The fourth-order valence-corrected chi connectivity index (χ4v) is 2.22. The van der Waals surface area contributed by atoms with Crippen molar-refractivity contribution >= 4 is 28.7 Å². The molecule has 0 spiro atoms. The van der Waals surface area contributed by atoms with E-state index in [4.69, 9.17) is 13.7 Å². The fourth-order valence-electron chi connectivity index (χ4n) is 2.22. The van der Waals surface area contributed by atoms with Crippen LogP contribution in [0.3, 0.4) is 0 Å². The van der Waals surface area contributed by atoms with E-state index in [9.17, 15) is 9.59 Å². The van der Waals surface area contributed by atoms with Crippen molar-refractivity contribution in [3.05, 3.63) is 47.9 Å². The fraction of sp³-hybridized carbons (Fsp3) is 0.235. The summed E-state index contributed by atoms with van der Waals surface area (Å²) in [6.45, 7) is 3.45. The molecule has 0 fully saturated rings. The number of furan rings is 1. The van der Waals surface area contributed by atoms with Crippen LogP contribution in [0.5, 0.6) is 0 Å². The second-order valence-electron chi connectivity index (χ2n) is 5.26. The molecule has 0 radical (unpaired) electrons. The molecule has 2 heterocycles. The Kier molecular flexibility index (Phi) is 4.33. The molecule has 0 aliphatic rings. The monoisotopic (exact) mass is 328 g/mol. The summed E-state index contributed by atoms with van der Waals surface area (Å²) in [6.07, 6.45) is -0.642. The van der Waals surface area contributed by atoms with Gasteiger partial charge >= 0.3 is 5.97 Å². The first kappa shape index (κ1) is 15.8. The van der Waals surface area contributed by atoms with Gasteiger partial charge in [-0.25, -0.2) is 4.79 Å². The quantitative estimate of drug-likeness (QED) is 0.722. The average Bonchev–Trinajstić information content (AvgIpc) is 3.18. The standard InChI is InChI=1S/C17H16N2O5/c1-3-12(16(20)18-15-8-10(2)24-19-15)23-17(21)14-9-11-6-4-5-7-13(11)22-14/h4-9,12H,3H2,1-2H3,(H,18,19,20)/t12-/m0/s1. The maximum absolute atomic E-state index is 12.2. The Morgan fingerprint density at radius 3 is 2.75 bits per heavy atom. The van der Waals surface area contributed by atoms with Gasteiger partial charge in [-0.3, -0.25) is 4.79 Å². The molecule has 2 aromatic heterocycles. The summed E-state index contributed by atoms with van der Waals surface area (Å²) < 4.78 is 15.6. The molecular weight excluding hydrogens is 312 g/mol. The largest absolute Gasteiger partial charge is 0.449 e. The molecular formula is C17H16N2O5. The molecule has 124 valence electrons. The van der Waals surface area contributed by atoms with E-state index in [-0.39, 0.29) is 11.6 Å². The van der Waals surface area contributed by atoms with E-state index in [2.05, 4.69) is 10.5 Å². The van der Waals surface area contributed by atoms with Gasteiger partial charge in [0.25, 0.3) is 5.91 Å². The molecule has 1 amide bonds. The number of carbonyl (C=O) groups excluding carboxylic acids is 2. The number of nitrogens with one attached hydrogen (secondary N) is 1. The van der Waals surface area contributed by atoms with Crippen molar-refractivity contribution in [1.82, 2.24) is 5.16 Å². The van der Waals surface area contributed by atoms with Gasteiger partial charge in [-0.2, -0.15) is 0 Å². The highest BCUT2D eigenvalue weighted by atomic mass is 16.6. The third kappa shape index (κ3) is 3.29. The molecule has 0 unspecified atom stereocenters. The Balaban J connectivity index is 1.69. The van der Waals surface area contributed by atoms with Crippen LogP contribution in [-0.4, -0.2) is 23.1 Å². The highest BCUT2D eigenvalue weighted by Crippen LogP contribution is 2.20. The zero-order valence-electron chi connectivity index (χ0n) is 13.2. The van der Waals surface area contributed by atoms with Crippen LogP contribution in [-0.2, 0) is 9.53 Å². The van der Waals surface area contributed by atoms with Gasteiger partial charge in [-0.1, -0.05) is 30.3 Å². The van der Waals surface area contributed by atoms with Crippen LogP contribution in [0, 0.1) is 6.92 Å². The van der Waals surface area contributed by atoms with Gasteiger partial charge in [0.05, 0.1) is 0 Å². The Labute approximate surface area is 137 Å². The van der Waals surface area contributed by atoms with E-state index in [0.29, 0.717) is 17.8 Å². The lowest BCUT2D eigenvalue weighted by molar-refractivity contribution is -0.124. The van der Waals surface area contributed by atoms with Crippen molar-refractivity contribution in [3.63, 3.8) is 0 Å². The summed E-state index contributed by atoms with van der Waals surface area (Å²) in [6, 6.07) is 10.4. The molecule has 1 aromatic carbocycles. The van der Waals surface area contributed by atoms with Gasteiger partial charge in [-0.15, -0.1) is 0 Å². The summed E-state index contributed by atoms with van der Waals surface area (Å²) in [5.41, 5.74) is 0.583. The number of benzene rings is 1. The number of anilines is 1. The van der Waals surface area contributed by atoms with Crippen molar-refractivity contribution in [2.24, 2.45) is 0 Å². The van der Waals surface area contributed by atoms with E-state index in [1.54, 1.807) is 32.0 Å². The number of esters is 1. The van der Waals surface area contributed by atoms with Crippen LogP contribution in [0.1, 0.15) is 29.7 Å². The maximum Gasteiger partial charge on any atom is 0.375 e. The summed E-state index contributed by atoms with van der Waals surface area (Å²) in [5.74, 6) is -0.270. The Hall–Kier alpha value is -3.09. The molecule has 0 saturated heterocycles. The zero-order valence-corrected chi connectivity index (χ0v) is 13.2. The van der Waals surface area contributed by atoms with Gasteiger partial charge in [0.15, 0.2) is 11.9 Å². The highest BCUT2D eigenvalue weighted by Gasteiger charge is 2.24. The number of amides is 1. The number of nitrogens with zero attached hydrogens (tertiary/aromatic N) is 1. The lowest BCUT2D eigenvalue weighted by atomic mass is 10.2. The van der Waals surface area contributed by atoms with Crippen LogP contribution in [0.15, 0.2) is 45.3 Å². The summed E-state index contributed by atoms with van der Waals surface area (Å²) in [7, 11) is 0. The average molecular weight is 328 g/mol. The number of carbonyl (C=O) groups is 2. The second-order valence-corrected chi connectivity index (χ2v) is 5.26. The SMILES string of the molecule is CC[C@H](OC(=O)c1cc2ccccc2o1)C(=O)Nc1cc(C)on1. The van der Waals surface area contributed by atoms with Crippen molar-refractivity contribution in [2.75, 3.05) is 5.32 Å². The van der Waals surface area contributed by atoms with Crippen molar-refractivity contribution in [2.45, 2.75) is 26.4 Å². The maximum atomic E-state index is 12.2. The number of aromatic nitrogens is 1. The first-order valence-corrected chi connectivity index (χ1v) is 7.50. The normalized spacial score (nSPS) is 12.1. The number of ether oxygens (including phenoxy) is 1. The number of aryl methyl sites for hydroxylation is 1. The molecule has 3 aromatic rings. The van der Waals surface area contributed by atoms with Crippen LogP contribution >= 0.6 is 0 Å². The predicted molar refractivity (Wildman–Crippen MR) is 85.6 cm³/mol. The van der Waals surface area contributed by atoms with Gasteiger partial charge < -0.3 is 19.0 Å². The Morgan fingerprint density at radius 1 is 1.29 bits per heavy atom. The first-order chi connectivity index (χ1) is 11.6. The summed E-state index contributed by atoms with van der Waals surface area (Å²) in [4.78, 5) is 24.4. The van der Waals surface area contributed by atoms with Crippen LogP contribution < -0.4 is 5.32 Å². The van der Waals surface area contributed by atoms with E-state index in [1.165, 1.54) is 0 Å². The first-order valence-electron chi connectivity index (χ1n) is 7.50. The van der Waals surface area contributed by atoms with E-state index in [1.807, 2.05) is 18.2 Å². The van der Waals surface area contributed by atoms with E-state index < -0.39 is 18.0 Å². The molecule has 1 atom stereocenters. The third-order valence-electron chi connectivity index (χ3n) is 3.42. The molecule has 1 N–H and O–H groups in total. The minimum Gasteiger partial charge on any atom is -0.449 e. The lowest BCUT2D eigenvalue weighted by Gasteiger charge is -2.13. The van der Waals surface area contributed by atoms with Crippen molar-refractivity contribution in [1.29, 1.82) is 0 Å². The lowest BCUT2D eigenvalue weighted by Crippen LogP contribution is -2.32. The number of rotatable bonds is 5. The van der Waals surface area contributed by atoms with E-state index in [0.717, 1.165) is 5.39 Å². The number of hydrogen-bond donors (Lipinski definition) is 1. The Morgan fingerprint density at radius 2 is 2.08 bits per heavy atom. The molecule has 0 aliphatic carbocycles. The Bertz CT molecular complexity index is 847. The zero-order chi connectivity index (χ0) is 17.1. The molecule has 0 aliphatic heterocycles. The third-order valence-corrected chi connectivity index (χ3v) is 3.42. The summed E-state index contributed by atoms with van der Waals surface area (Å²) >= 11 is 0.